The Bertz CT molecular complexity index is 800. The van der Waals surface area contributed by atoms with Crippen LogP contribution in [0.1, 0.15) is 37.7 Å². The molecule has 2 N–H and O–H groups in total. The number of piperidine rings is 1. The minimum Gasteiger partial charge on any atom is -0.372 e. The van der Waals surface area contributed by atoms with Gasteiger partial charge in [0.2, 0.25) is 11.8 Å². The van der Waals surface area contributed by atoms with Gasteiger partial charge in [0.1, 0.15) is 5.82 Å². The van der Waals surface area contributed by atoms with Crippen LogP contribution in [-0.4, -0.2) is 31.4 Å². The van der Waals surface area contributed by atoms with Gasteiger partial charge < -0.3 is 15.5 Å². The zero-order valence-corrected chi connectivity index (χ0v) is 16.6. The van der Waals surface area contributed by atoms with Crippen molar-refractivity contribution in [1.29, 1.82) is 0 Å². The maximum Gasteiger partial charge on any atom is 0.243 e. The van der Waals surface area contributed by atoms with Gasteiger partial charge in [-0.05, 0) is 74.1 Å². The fourth-order valence-electron chi connectivity index (χ4n) is 3.48. The molecule has 0 unspecified atom stereocenters. The Balaban J connectivity index is 1.34. The van der Waals surface area contributed by atoms with Crippen LogP contribution >= 0.6 is 0 Å². The van der Waals surface area contributed by atoms with Gasteiger partial charge in [0.25, 0.3) is 0 Å². The van der Waals surface area contributed by atoms with Crippen LogP contribution < -0.4 is 15.5 Å². The number of rotatable bonds is 8. The Kier molecular flexibility index (Phi) is 7.61. The number of halogens is 1. The standard InChI is InChI=1S/C23H28FN3O2/c24-19-9-7-18(8-10-19)5-4-6-22(28)25-17-23(29)26-20-11-13-21(14-12-20)27-15-2-1-3-16-27/h7-14H,1-6,15-17H2,(H,25,28)(H,26,29). The number of amides is 2. The van der Waals surface area contributed by atoms with E-state index in [0.717, 1.165) is 24.3 Å². The summed E-state index contributed by atoms with van der Waals surface area (Å²) < 4.78 is 12.9. The Hall–Kier alpha value is -2.89. The van der Waals surface area contributed by atoms with Crippen LogP contribution in [0.25, 0.3) is 0 Å². The third-order valence-corrected chi connectivity index (χ3v) is 5.10. The largest absolute Gasteiger partial charge is 0.372 e. The number of aryl methyl sites for hydroxylation is 1. The Morgan fingerprint density at radius 2 is 1.59 bits per heavy atom. The van der Waals surface area contributed by atoms with Crippen molar-refractivity contribution in [3.8, 4) is 0 Å². The van der Waals surface area contributed by atoms with Crippen molar-refractivity contribution in [1.82, 2.24) is 5.32 Å². The predicted octanol–water partition coefficient (Wildman–Crippen LogP) is 3.89. The lowest BCUT2D eigenvalue weighted by atomic mass is 10.1. The zero-order chi connectivity index (χ0) is 20.5. The number of benzene rings is 2. The average Bonchev–Trinajstić information content (AvgIpc) is 2.75. The number of carbonyl (C=O) groups is 2. The number of hydrogen-bond acceptors (Lipinski definition) is 3. The molecule has 3 rings (SSSR count). The van der Waals surface area contributed by atoms with Gasteiger partial charge in [-0.15, -0.1) is 0 Å². The first-order chi connectivity index (χ1) is 14.1. The first-order valence-corrected chi connectivity index (χ1v) is 10.3. The van der Waals surface area contributed by atoms with Crippen molar-refractivity contribution in [2.24, 2.45) is 0 Å². The molecule has 1 fully saturated rings. The Morgan fingerprint density at radius 3 is 2.28 bits per heavy atom. The first kappa shape index (κ1) is 20.8. The maximum atomic E-state index is 12.9. The third-order valence-electron chi connectivity index (χ3n) is 5.10. The van der Waals surface area contributed by atoms with Crippen LogP contribution in [0.5, 0.6) is 0 Å². The van der Waals surface area contributed by atoms with E-state index >= 15 is 0 Å². The minimum absolute atomic E-state index is 0.0523. The molecule has 2 aromatic carbocycles. The van der Waals surface area contributed by atoms with Crippen LogP contribution in [0, 0.1) is 5.82 Å². The van der Waals surface area contributed by atoms with E-state index in [1.54, 1.807) is 12.1 Å². The van der Waals surface area contributed by atoms with Crippen LogP contribution in [0.3, 0.4) is 0 Å². The van der Waals surface area contributed by atoms with Crippen molar-refractivity contribution >= 4 is 23.2 Å². The summed E-state index contributed by atoms with van der Waals surface area (Å²) in [7, 11) is 0. The summed E-state index contributed by atoms with van der Waals surface area (Å²) in [5, 5.41) is 5.45. The van der Waals surface area contributed by atoms with Gasteiger partial charge in [-0.1, -0.05) is 12.1 Å². The molecule has 0 atom stereocenters. The second kappa shape index (κ2) is 10.6. The highest BCUT2D eigenvalue weighted by Gasteiger charge is 2.11. The molecule has 1 saturated heterocycles. The molecule has 0 saturated carbocycles. The lowest BCUT2D eigenvalue weighted by Crippen LogP contribution is -2.32. The maximum absolute atomic E-state index is 12.9. The lowest BCUT2D eigenvalue weighted by Gasteiger charge is -2.28. The highest BCUT2D eigenvalue weighted by Crippen LogP contribution is 2.21. The van der Waals surface area contributed by atoms with Crippen LogP contribution in [0.4, 0.5) is 15.8 Å². The number of carbonyl (C=O) groups excluding carboxylic acids is 2. The van der Waals surface area contributed by atoms with E-state index < -0.39 is 0 Å². The highest BCUT2D eigenvalue weighted by molar-refractivity contribution is 5.94. The van der Waals surface area contributed by atoms with Gasteiger partial charge in [-0.3, -0.25) is 9.59 Å². The van der Waals surface area contributed by atoms with Crippen molar-refractivity contribution in [2.45, 2.75) is 38.5 Å². The number of nitrogens with zero attached hydrogens (tertiary/aromatic N) is 1. The van der Waals surface area contributed by atoms with E-state index in [2.05, 4.69) is 15.5 Å². The molecule has 0 bridgehead atoms. The van der Waals surface area contributed by atoms with Crippen molar-refractivity contribution < 1.29 is 14.0 Å². The number of hydrogen-bond donors (Lipinski definition) is 2. The van der Waals surface area contributed by atoms with Gasteiger partial charge in [-0.2, -0.15) is 0 Å². The molecule has 0 radical (unpaired) electrons. The molecule has 0 spiro atoms. The van der Waals surface area contributed by atoms with E-state index in [1.165, 1.54) is 37.1 Å². The summed E-state index contributed by atoms with van der Waals surface area (Å²) in [5.41, 5.74) is 2.89. The second-order valence-electron chi connectivity index (χ2n) is 7.40. The van der Waals surface area contributed by atoms with Crippen molar-refractivity contribution in [3.05, 3.63) is 59.9 Å². The number of nitrogens with one attached hydrogen (secondary N) is 2. The van der Waals surface area contributed by atoms with Gasteiger partial charge in [0.15, 0.2) is 0 Å². The van der Waals surface area contributed by atoms with E-state index in [9.17, 15) is 14.0 Å². The molecule has 29 heavy (non-hydrogen) atoms. The summed E-state index contributed by atoms with van der Waals surface area (Å²) in [6.45, 7) is 2.11. The van der Waals surface area contributed by atoms with E-state index in [0.29, 0.717) is 19.3 Å². The summed E-state index contributed by atoms with van der Waals surface area (Å²) in [6, 6.07) is 14.1. The van der Waals surface area contributed by atoms with E-state index in [-0.39, 0.29) is 24.2 Å². The highest BCUT2D eigenvalue weighted by atomic mass is 19.1. The molecule has 0 aromatic heterocycles. The zero-order valence-electron chi connectivity index (χ0n) is 16.6. The molecular weight excluding hydrogens is 369 g/mol. The summed E-state index contributed by atoms with van der Waals surface area (Å²) >= 11 is 0. The smallest absolute Gasteiger partial charge is 0.243 e. The molecule has 6 heteroatoms. The number of anilines is 2. The van der Waals surface area contributed by atoms with Crippen LogP contribution in [-0.2, 0) is 16.0 Å². The monoisotopic (exact) mass is 397 g/mol. The molecule has 1 heterocycles. The molecule has 0 aliphatic carbocycles. The molecular formula is C23H28FN3O2. The molecule has 5 nitrogen and oxygen atoms in total. The second-order valence-corrected chi connectivity index (χ2v) is 7.40. The molecule has 1 aliphatic heterocycles. The van der Waals surface area contributed by atoms with Crippen molar-refractivity contribution in [3.63, 3.8) is 0 Å². The van der Waals surface area contributed by atoms with Gasteiger partial charge in [0.05, 0.1) is 6.54 Å². The van der Waals surface area contributed by atoms with E-state index in [4.69, 9.17) is 0 Å². The molecule has 154 valence electrons. The van der Waals surface area contributed by atoms with Crippen molar-refractivity contribution in [2.75, 3.05) is 29.9 Å². The minimum atomic E-state index is -0.265. The van der Waals surface area contributed by atoms with Crippen LogP contribution in [0.2, 0.25) is 0 Å². The molecule has 2 aromatic rings. The topological polar surface area (TPSA) is 61.4 Å². The Morgan fingerprint density at radius 1 is 0.897 bits per heavy atom. The fourth-order valence-corrected chi connectivity index (χ4v) is 3.48. The average molecular weight is 397 g/mol. The van der Waals surface area contributed by atoms with Crippen LogP contribution in [0.15, 0.2) is 48.5 Å². The van der Waals surface area contributed by atoms with Gasteiger partial charge >= 0.3 is 0 Å². The first-order valence-electron chi connectivity index (χ1n) is 10.3. The van der Waals surface area contributed by atoms with Gasteiger partial charge in [0, 0.05) is 30.9 Å². The summed E-state index contributed by atoms with van der Waals surface area (Å²) in [4.78, 5) is 26.3. The van der Waals surface area contributed by atoms with Gasteiger partial charge in [-0.25, -0.2) is 4.39 Å². The van der Waals surface area contributed by atoms with E-state index in [1.807, 2.05) is 24.3 Å². The quantitative estimate of drug-likeness (QED) is 0.710. The normalized spacial score (nSPS) is 13.8. The third kappa shape index (κ3) is 6.89. The molecule has 2 amide bonds. The lowest BCUT2D eigenvalue weighted by molar-refractivity contribution is -0.124. The predicted molar refractivity (Wildman–Crippen MR) is 113 cm³/mol. The summed E-state index contributed by atoms with van der Waals surface area (Å²) in [5.74, 6) is -0.677. The Labute approximate surface area is 171 Å². The fraction of sp³-hybridized carbons (Fsp3) is 0.391. The summed E-state index contributed by atoms with van der Waals surface area (Å²) in [6.07, 6.45) is 5.42. The molecule has 1 aliphatic rings. The SMILES string of the molecule is O=C(CCCc1ccc(F)cc1)NCC(=O)Nc1ccc(N2CCCCC2)cc1.